The minimum absolute atomic E-state index is 0.626. The summed E-state index contributed by atoms with van der Waals surface area (Å²) >= 11 is 0. The molecule has 1 saturated heterocycles. The molecule has 1 N–H and O–H groups in total. The zero-order chi connectivity index (χ0) is 21.7. The zero-order valence-corrected chi connectivity index (χ0v) is 18.8. The summed E-state index contributed by atoms with van der Waals surface area (Å²) in [6, 6.07) is 10.5. The molecule has 1 aromatic carbocycles. The number of hydrogen-bond acceptors (Lipinski definition) is 5. The predicted molar refractivity (Wildman–Crippen MR) is 125 cm³/mol. The Labute approximate surface area is 185 Å². The van der Waals surface area contributed by atoms with Gasteiger partial charge in [-0.1, -0.05) is 49.4 Å². The monoisotopic (exact) mass is 425 g/mol. The van der Waals surface area contributed by atoms with Crippen molar-refractivity contribution in [3.63, 3.8) is 0 Å². The average Bonchev–Trinajstić information content (AvgIpc) is 3.27. The van der Waals surface area contributed by atoms with E-state index in [2.05, 4.69) is 73.2 Å². The van der Waals surface area contributed by atoms with E-state index in [0.29, 0.717) is 13.2 Å². The van der Waals surface area contributed by atoms with Gasteiger partial charge in [-0.05, 0) is 5.56 Å². The van der Waals surface area contributed by atoms with Crippen LogP contribution in [0.15, 0.2) is 47.7 Å². The van der Waals surface area contributed by atoms with Gasteiger partial charge < -0.3 is 19.5 Å². The third-order valence-corrected chi connectivity index (χ3v) is 5.35. The van der Waals surface area contributed by atoms with Crippen LogP contribution in [-0.4, -0.2) is 90.1 Å². The first-order valence-corrected chi connectivity index (χ1v) is 11.1. The highest BCUT2D eigenvalue weighted by Crippen LogP contribution is 2.05. The van der Waals surface area contributed by atoms with E-state index in [0.717, 1.165) is 64.0 Å². The number of guanidine groups is 1. The summed E-state index contributed by atoms with van der Waals surface area (Å²) in [5, 5.41) is 11.7. The van der Waals surface area contributed by atoms with Crippen molar-refractivity contribution in [2.75, 3.05) is 59.5 Å². The Kier molecular flexibility index (Phi) is 9.53. The van der Waals surface area contributed by atoms with E-state index in [1.54, 1.807) is 13.4 Å². The Morgan fingerprint density at radius 1 is 1.19 bits per heavy atom. The van der Waals surface area contributed by atoms with Gasteiger partial charge in [0.2, 0.25) is 0 Å². The Bertz CT molecular complexity index is 810. The molecule has 8 heteroatoms. The maximum absolute atomic E-state index is 5.18. The Hall–Kier alpha value is -2.71. The standard InChI is InChI=1S/C23H35N7O/c1-3-22-27-26-20-30(22)14-11-24-23(25-12-19-31-2)29-17-15-28(16-18-29)13-7-10-21-8-5-4-6-9-21/h4-10,20H,3,11-19H2,1-2H3,(H,24,25)/b10-7+. The minimum Gasteiger partial charge on any atom is -0.383 e. The second kappa shape index (κ2) is 12.9. The maximum atomic E-state index is 5.18. The first-order valence-electron chi connectivity index (χ1n) is 11.1. The molecule has 0 aliphatic carbocycles. The van der Waals surface area contributed by atoms with Crippen molar-refractivity contribution in [1.29, 1.82) is 0 Å². The van der Waals surface area contributed by atoms with Gasteiger partial charge in [-0.3, -0.25) is 9.89 Å². The maximum Gasteiger partial charge on any atom is 0.194 e. The van der Waals surface area contributed by atoms with Gasteiger partial charge in [-0.15, -0.1) is 10.2 Å². The molecule has 0 amide bonds. The number of piperazine rings is 1. The summed E-state index contributed by atoms with van der Waals surface area (Å²) < 4.78 is 7.28. The molecule has 1 aromatic heterocycles. The largest absolute Gasteiger partial charge is 0.383 e. The minimum atomic E-state index is 0.626. The number of methoxy groups -OCH3 is 1. The number of hydrogen-bond donors (Lipinski definition) is 1. The molecule has 1 aliphatic rings. The second-order valence-corrected chi connectivity index (χ2v) is 7.52. The number of rotatable bonds is 10. The van der Waals surface area contributed by atoms with Gasteiger partial charge >= 0.3 is 0 Å². The molecule has 31 heavy (non-hydrogen) atoms. The highest BCUT2D eigenvalue weighted by atomic mass is 16.5. The molecule has 2 aromatic rings. The molecule has 3 rings (SSSR count). The molecule has 0 spiro atoms. The SMILES string of the molecule is CCc1nncn1CCNC(=NCCOC)N1CCN(C/C=C/c2ccccc2)CC1. The smallest absolute Gasteiger partial charge is 0.194 e. The van der Waals surface area contributed by atoms with Gasteiger partial charge in [0, 0.05) is 59.3 Å². The van der Waals surface area contributed by atoms with Gasteiger partial charge in [0.25, 0.3) is 0 Å². The van der Waals surface area contributed by atoms with Crippen molar-refractivity contribution >= 4 is 12.0 Å². The van der Waals surface area contributed by atoms with Crippen molar-refractivity contribution in [1.82, 2.24) is 29.9 Å². The topological polar surface area (TPSA) is 70.8 Å². The molecule has 0 atom stereocenters. The summed E-state index contributed by atoms with van der Waals surface area (Å²) in [6.07, 6.45) is 7.13. The van der Waals surface area contributed by atoms with Gasteiger partial charge in [0.1, 0.15) is 12.2 Å². The van der Waals surface area contributed by atoms with Crippen molar-refractivity contribution < 1.29 is 4.74 Å². The van der Waals surface area contributed by atoms with Crippen LogP contribution in [0.5, 0.6) is 0 Å². The van der Waals surface area contributed by atoms with E-state index in [4.69, 9.17) is 9.73 Å². The Morgan fingerprint density at radius 3 is 2.74 bits per heavy atom. The Morgan fingerprint density at radius 2 is 2.00 bits per heavy atom. The van der Waals surface area contributed by atoms with E-state index in [1.807, 2.05) is 6.07 Å². The first-order chi connectivity index (χ1) is 15.3. The van der Waals surface area contributed by atoms with Crippen LogP contribution < -0.4 is 5.32 Å². The van der Waals surface area contributed by atoms with Crippen LogP contribution in [0.4, 0.5) is 0 Å². The van der Waals surface area contributed by atoms with Gasteiger partial charge in [0.15, 0.2) is 5.96 Å². The lowest BCUT2D eigenvalue weighted by Crippen LogP contribution is -2.52. The van der Waals surface area contributed by atoms with E-state index in [9.17, 15) is 0 Å². The molecule has 0 saturated carbocycles. The van der Waals surface area contributed by atoms with Crippen molar-refractivity contribution in [3.05, 3.63) is 54.1 Å². The number of nitrogens with one attached hydrogen (secondary N) is 1. The van der Waals surface area contributed by atoms with Gasteiger partial charge in [0.05, 0.1) is 13.2 Å². The zero-order valence-electron chi connectivity index (χ0n) is 18.8. The molecule has 1 fully saturated rings. The lowest BCUT2D eigenvalue weighted by atomic mass is 10.2. The van der Waals surface area contributed by atoms with Crippen molar-refractivity contribution in [2.45, 2.75) is 19.9 Å². The van der Waals surface area contributed by atoms with Crippen LogP contribution in [-0.2, 0) is 17.7 Å². The molecule has 2 heterocycles. The van der Waals surface area contributed by atoms with Crippen molar-refractivity contribution in [2.24, 2.45) is 4.99 Å². The molecule has 0 radical (unpaired) electrons. The van der Waals surface area contributed by atoms with Crippen LogP contribution in [0.25, 0.3) is 6.08 Å². The average molecular weight is 426 g/mol. The molecule has 0 unspecified atom stereocenters. The van der Waals surface area contributed by atoms with Crippen LogP contribution in [0, 0.1) is 0 Å². The number of nitrogens with zero attached hydrogens (tertiary/aromatic N) is 6. The summed E-state index contributed by atoms with van der Waals surface area (Å²) in [5.41, 5.74) is 1.25. The summed E-state index contributed by atoms with van der Waals surface area (Å²) in [5.74, 6) is 1.97. The molecule has 8 nitrogen and oxygen atoms in total. The lowest BCUT2D eigenvalue weighted by Gasteiger charge is -2.36. The highest BCUT2D eigenvalue weighted by Gasteiger charge is 2.19. The van der Waals surface area contributed by atoms with Gasteiger partial charge in [-0.25, -0.2) is 0 Å². The van der Waals surface area contributed by atoms with Crippen LogP contribution >= 0.6 is 0 Å². The number of aromatic nitrogens is 3. The van der Waals surface area contributed by atoms with E-state index >= 15 is 0 Å². The normalized spacial score (nSPS) is 15.7. The predicted octanol–water partition coefficient (Wildman–Crippen LogP) is 1.76. The lowest BCUT2D eigenvalue weighted by molar-refractivity contribution is 0.191. The number of aryl methyl sites for hydroxylation is 1. The van der Waals surface area contributed by atoms with E-state index in [1.165, 1.54) is 5.56 Å². The summed E-state index contributed by atoms with van der Waals surface area (Å²) in [7, 11) is 1.71. The third kappa shape index (κ3) is 7.48. The fourth-order valence-electron chi connectivity index (χ4n) is 3.58. The quantitative estimate of drug-likeness (QED) is 0.355. The second-order valence-electron chi connectivity index (χ2n) is 7.52. The van der Waals surface area contributed by atoms with Gasteiger partial charge in [-0.2, -0.15) is 0 Å². The molecule has 0 bridgehead atoms. The number of aliphatic imine (C=N–C) groups is 1. The highest BCUT2D eigenvalue weighted by molar-refractivity contribution is 5.80. The molecular weight excluding hydrogens is 390 g/mol. The van der Waals surface area contributed by atoms with Crippen LogP contribution in [0.3, 0.4) is 0 Å². The van der Waals surface area contributed by atoms with E-state index < -0.39 is 0 Å². The summed E-state index contributed by atoms with van der Waals surface area (Å²) in [6.45, 7) is 9.94. The molecule has 1 aliphatic heterocycles. The number of ether oxygens (including phenoxy) is 1. The Balaban J connectivity index is 1.47. The number of benzene rings is 1. The molecular formula is C23H35N7O. The fourth-order valence-corrected chi connectivity index (χ4v) is 3.58. The summed E-state index contributed by atoms with van der Waals surface area (Å²) in [4.78, 5) is 9.59. The van der Waals surface area contributed by atoms with E-state index in [-0.39, 0.29) is 0 Å². The van der Waals surface area contributed by atoms with Crippen LogP contribution in [0.2, 0.25) is 0 Å². The first kappa shape index (κ1) is 23.0. The van der Waals surface area contributed by atoms with Crippen LogP contribution in [0.1, 0.15) is 18.3 Å². The van der Waals surface area contributed by atoms with Crippen molar-refractivity contribution in [3.8, 4) is 0 Å². The third-order valence-electron chi connectivity index (χ3n) is 5.35. The molecule has 168 valence electrons. The fraction of sp³-hybridized carbons (Fsp3) is 0.522.